The van der Waals surface area contributed by atoms with Gasteiger partial charge in [0, 0.05) is 12.6 Å². The summed E-state index contributed by atoms with van der Waals surface area (Å²) in [7, 11) is 3.23. The molecule has 0 aliphatic rings. The van der Waals surface area contributed by atoms with Crippen LogP contribution in [-0.4, -0.2) is 29.2 Å². The molecule has 2 rings (SSSR count). The molecule has 6 heteroatoms. The van der Waals surface area contributed by atoms with Crippen LogP contribution >= 0.6 is 0 Å². The van der Waals surface area contributed by atoms with Gasteiger partial charge in [0.1, 0.15) is 17.2 Å². The number of ether oxygens (including phenoxy) is 2. The Hall–Kier alpha value is -2.08. The number of nitrogens with zero attached hydrogens (tertiary/aromatic N) is 3. The molecule has 0 bridgehead atoms. The zero-order valence-corrected chi connectivity index (χ0v) is 10.7. The number of methoxy groups -OCH3 is 2. The molecule has 2 aromatic rings. The third-order valence-electron chi connectivity index (χ3n) is 2.80. The summed E-state index contributed by atoms with van der Waals surface area (Å²) in [6.45, 7) is 2.28. The second kappa shape index (κ2) is 5.05. The van der Waals surface area contributed by atoms with Gasteiger partial charge >= 0.3 is 0 Å². The van der Waals surface area contributed by atoms with Crippen LogP contribution in [0.5, 0.6) is 11.5 Å². The van der Waals surface area contributed by atoms with E-state index >= 15 is 0 Å². The topological polar surface area (TPSA) is 75.2 Å². The lowest BCUT2D eigenvalue weighted by Crippen LogP contribution is -2.04. The van der Waals surface area contributed by atoms with Gasteiger partial charge < -0.3 is 15.2 Å². The Morgan fingerprint density at radius 3 is 2.61 bits per heavy atom. The molecule has 1 aromatic heterocycles. The molecular weight excluding hydrogens is 232 g/mol. The summed E-state index contributed by atoms with van der Waals surface area (Å²) in [6, 6.07) is 5.51. The Kier molecular flexibility index (Phi) is 3.47. The maximum atomic E-state index is 5.60. The van der Waals surface area contributed by atoms with Crippen molar-refractivity contribution in [1.29, 1.82) is 0 Å². The van der Waals surface area contributed by atoms with Crippen molar-refractivity contribution in [2.75, 3.05) is 14.2 Å². The lowest BCUT2D eigenvalue weighted by atomic mass is 10.2. The molecule has 0 saturated carbocycles. The molecule has 0 radical (unpaired) electrons. The number of benzene rings is 1. The first kappa shape index (κ1) is 12.4. The summed E-state index contributed by atoms with van der Waals surface area (Å²) in [4.78, 5) is 0. The Bertz CT molecular complexity index is 551. The molecule has 1 aromatic carbocycles. The smallest absolute Gasteiger partial charge is 0.144 e. The quantitative estimate of drug-likeness (QED) is 0.875. The standard InChI is InChI=1S/C12H16N4O2/c1-8-10(7-13)14-15-16(8)11-6-9(17-2)4-5-12(11)18-3/h4-6H,7,13H2,1-3H3. The summed E-state index contributed by atoms with van der Waals surface area (Å²) < 4.78 is 12.2. The van der Waals surface area contributed by atoms with Crippen molar-refractivity contribution in [3.8, 4) is 17.2 Å². The highest BCUT2D eigenvalue weighted by molar-refractivity contribution is 5.51. The third-order valence-corrected chi connectivity index (χ3v) is 2.80. The maximum absolute atomic E-state index is 5.60. The van der Waals surface area contributed by atoms with Crippen molar-refractivity contribution in [1.82, 2.24) is 15.0 Å². The zero-order chi connectivity index (χ0) is 13.1. The molecule has 6 nitrogen and oxygen atoms in total. The highest BCUT2D eigenvalue weighted by atomic mass is 16.5. The van der Waals surface area contributed by atoms with Gasteiger partial charge in [0.15, 0.2) is 0 Å². The van der Waals surface area contributed by atoms with E-state index in [2.05, 4.69) is 10.3 Å². The van der Waals surface area contributed by atoms with Gasteiger partial charge in [-0.25, -0.2) is 4.68 Å². The highest BCUT2D eigenvalue weighted by Gasteiger charge is 2.13. The Morgan fingerprint density at radius 1 is 1.28 bits per heavy atom. The summed E-state index contributed by atoms with van der Waals surface area (Å²) in [5.74, 6) is 1.43. The van der Waals surface area contributed by atoms with Crippen molar-refractivity contribution in [2.24, 2.45) is 5.73 Å². The van der Waals surface area contributed by atoms with Crippen molar-refractivity contribution in [2.45, 2.75) is 13.5 Å². The van der Waals surface area contributed by atoms with Crippen LogP contribution in [0.4, 0.5) is 0 Å². The fourth-order valence-electron chi connectivity index (χ4n) is 1.74. The zero-order valence-electron chi connectivity index (χ0n) is 10.7. The molecule has 2 N–H and O–H groups in total. The number of aromatic nitrogens is 3. The lowest BCUT2D eigenvalue weighted by molar-refractivity contribution is 0.400. The average molecular weight is 248 g/mol. The van der Waals surface area contributed by atoms with E-state index in [1.807, 2.05) is 25.1 Å². The minimum atomic E-state index is 0.359. The Balaban J connectivity index is 2.57. The molecule has 0 amide bonds. The van der Waals surface area contributed by atoms with E-state index in [9.17, 15) is 0 Å². The van der Waals surface area contributed by atoms with E-state index < -0.39 is 0 Å². The van der Waals surface area contributed by atoms with Gasteiger partial charge in [0.2, 0.25) is 0 Å². The Morgan fingerprint density at radius 2 is 2.06 bits per heavy atom. The van der Waals surface area contributed by atoms with Crippen LogP contribution in [0, 0.1) is 6.92 Å². The van der Waals surface area contributed by atoms with Crippen LogP contribution in [0.25, 0.3) is 5.69 Å². The van der Waals surface area contributed by atoms with E-state index in [-0.39, 0.29) is 0 Å². The number of nitrogens with two attached hydrogens (primary N) is 1. The van der Waals surface area contributed by atoms with Gasteiger partial charge in [-0.2, -0.15) is 0 Å². The fraction of sp³-hybridized carbons (Fsp3) is 0.333. The molecule has 0 saturated heterocycles. The van der Waals surface area contributed by atoms with Crippen LogP contribution in [0.1, 0.15) is 11.4 Å². The van der Waals surface area contributed by atoms with Crippen molar-refractivity contribution >= 4 is 0 Å². The molecular formula is C12H16N4O2. The molecule has 0 fully saturated rings. The van der Waals surface area contributed by atoms with E-state index in [1.54, 1.807) is 18.9 Å². The molecule has 0 aliphatic carbocycles. The van der Waals surface area contributed by atoms with Gasteiger partial charge in [0.25, 0.3) is 0 Å². The first-order chi connectivity index (χ1) is 8.71. The van der Waals surface area contributed by atoms with Crippen LogP contribution < -0.4 is 15.2 Å². The molecule has 0 unspecified atom stereocenters. The van der Waals surface area contributed by atoms with E-state index in [0.29, 0.717) is 12.3 Å². The molecule has 18 heavy (non-hydrogen) atoms. The fourth-order valence-corrected chi connectivity index (χ4v) is 1.74. The second-order valence-electron chi connectivity index (χ2n) is 3.78. The van der Waals surface area contributed by atoms with E-state index in [4.69, 9.17) is 15.2 Å². The summed E-state index contributed by atoms with van der Waals surface area (Å²) >= 11 is 0. The normalized spacial score (nSPS) is 10.4. The molecule has 0 atom stereocenters. The number of hydrogen-bond acceptors (Lipinski definition) is 5. The van der Waals surface area contributed by atoms with Crippen LogP contribution in [0.2, 0.25) is 0 Å². The molecule has 0 spiro atoms. The van der Waals surface area contributed by atoms with Crippen LogP contribution in [0.15, 0.2) is 18.2 Å². The predicted octanol–water partition coefficient (Wildman–Crippen LogP) is 1.05. The van der Waals surface area contributed by atoms with Gasteiger partial charge in [0.05, 0.1) is 25.6 Å². The van der Waals surface area contributed by atoms with Gasteiger partial charge in [-0.1, -0.05) is 5.21 Å². The van der Waals surface area contributed by atoms with Crippen molar-refractivity contribution in [3.05, 3.63) is 29.6 Å². The molecule has 1 heterocycles. The minimum Gasteiger partial charge on any atom is -0.497 e. The average Bonchev–Trinajstić information content (AvgIpc) is 2.78. The largest absolute Gasteiger partial charge is 0.497 e. The van der Waals surface area contributed by atoms with Crippen molar-refractivity contribution < 1.29 is 9.47 Å². The number of rotatable bonds is 4. The first-order valence-electron chi connectivity index (χ1n) is 5.55. The van der Waals surface area contributed by atoms with Gasteiger partial charge in [-0.3, -0.25) is 0 Å². The van der Waals surface area contributed by atoms with E-state index in [1.165, 1.54) is 0 Å². The lowest BCUT2D eigenvalue weighted by Gasteiger charge is -2.11. The van der Waals surface area contributed by atoms with Gasteiger partial charge in [-0.05, 0) is 19.1 Å². The van der Waals surface area contributed by atoms with Crippen molar-refractivity contribution in [3.63, 3.8) is 0 Å². The first-order valence-corrected chi connectivity index (χ1v) is 5.55. The summed E-state index contributed by atoms with van der Waals surface area (Å²) in [6.07, 6.45) is 0. The van der Waals surface area contributed by atoms with Gasteiger partial charge in [-0.15, -0.1) is 5.10 Å². The van der Waals surface area contributed by atoms with E-state index in [0.717, 1.165) is 22.8 Å². The monoisotopic (exact) mass is 248 g/mol. The second-order valence-corrected chi connectivity index (χ2v) is 3.78. The predicted molar refractivity (Wildman–Crippen MR) is 67.1 cm³/mol. The molecule has 96 valence electrons. The van der Waals surface area contributed by atoms with Crippen LogP contribution in [-0.2, 0) is 6.54 Å². The maximum Gasteiger partial charge on any atom is 0.144 e. The van der Waals surface area contributed by atoms with Crippen LogP contribution in [0.3, 0.4) is 0 Å². The summed E-state index contributed by atoms with van der Waals surface area (Å²) in [5, 5.41) is 8.13. The Labute approximate surface area is 105 Å². The minimum absolute atomic E-state index is 0.359. The number of hydrogen-bond donors (Lipinski definition) is 1. The third kappa shape index (κ3) is 2.02. The highest BCUT2D eigenvalue weighted by Crippen LogP contribution is 2.28. The SMILES string of the molecule is COc1ccc(OC)c(-n2nnc(CN)c2C)c1. The summed E-state index contributed by atoms with van der Waals surface area (Å²) in [5.41, 5.74) is 8.03. The molecule has 0 aliphatic heterocycles.